The van der Waals surface area contributed by atoms with Crippen LogP contribution in [-0.2, 0) is 11.2 Å². The van der Waals surface area contributed by atoms with Gasteiger partial charge in [-0.3, -0.25) is 19.1 Å². The molecular weight excluding hydrogens is 482 g/mol. The average molecular weight is 513 g/mol. The maximum absolute atomic E-state index is 13.5. The minimum Gasteiger partial charge on any atom is -0.390 e. The molecule has 1 aliphatic rings. The van der Waals surface area contributed by atoms with Crippen molar-refractivity contribution in [3.8, 4) is 5.69 Å². The van der Waals surface area contributed by atoms with Crippen LogP contribution in [0.15, 0.2) is 41.7 Å². The van der Waals surface area contributed by atoms with Crippen LogP contribution in [0.4, 0.5) is 8.78 Å². The average Bonchev–Trinajstić information content (AvgIpc) is 3.19. The second-order valence-electron chi connectivity index (χ2n) is 9.99. The quantitative estimate of drug-likeness (QED) is 0.386. The van der Waals surface area contributed by atoms with E-state index < -0.39 is 17.4 Å². The molecule has 0 radical (unpaired) electrons. The number of rotatable bonds is 6. The van der Waals surface area contributed by atoms with Gasteiger partial charge in [-0.2, -0.15) is 4.99 Å². The minimum atomic E-state index is -2.74. The third kappa shape index (κ3) is 6.16. The number of nitrogens with zero attached hydrogens (tertiary/aromatic N) is 5. The Morgan fingerprint density at radius 2 is 1.86 bits per heavy atom. The fourth-order valence-corrected chi connectivity index (χ4v) is 4.29. The molecule has 4 heterocycles. The molecule has 1 aliphatic heterocycles. The fraction of sp³-hybridized carbons (Fsp3) is 0.423. The Morgan fingerprint density at radius 1 is 1.16 bits per heavy atom. The van der Waals surface area contributed by atoms with Crippen LogP contribution in [0.5, 0.6) is 0 Å². The highest BCUT2D eigenvalue weighted by molar-refractivity contribution is 6.02. The van der Waals surface area contributed by atoms with Gasteiger partial charge in [0.25, 0.3) is 11.8 Å². The lowest BCUT2D eigenvalue weighted by atomic mass is 10.0. The van der Waals surface area contributed by atoms with Crippen LogP contribution < -0.4 is 5.73 Å². The second-order valence-corrected chi connectivity index (χ2v) is 9.99. The summed E-state index contributed by atoms with van der Waals surface area (Å²) < 4.78 is 29.0. The summed E-state index contributed by atoms with van der Waals surface area (Å²) in [5, 5.41) is 11.0. The van der Waals surface area contributed by atoms with Gasteiger partial charge in [-0.25, -0.2) is 13.8 Å². The number of carbonyl (C=O) groups excluding carboxylic acids is 2. The largest absolute Gasteiger partial charge is 0.390 e. The first kappa shape index (κ1) is 26.3. The van der Waals surface area contributed by atoms with Crippen LogP contribution >= 0.6 is 0 Å². The van der Waals surface area contributed by atoms with E-state index in [4.69, 9.17) is 5.73 Å². The van der Waals surface area contributed by atoms with E-state index >= 15 is 0 Å². The Bertz CT molecular complexity index is 1350. The van der Waals surface area contributed by atoms with Gasteiger partial charge in [0.15, 0.2) is 5.84 Å². The molecule has 9 nitrogen and oxygen atoms in total. The van der Waals surface area contributed by atoms with Gasteiger partial charge in [-0.15, -0.1) is 0 Å². The molecule has 0 atom stereocenters. The van der Waals surface area contributed by atoms with Crippen LogP contribution in [0, 0.1) is 0 Å². The zero-order valence-electron chi connectivity index (χ0n) is 21.0. The zero-order chi connectivity index (χ0) is 27.0. The van der Waals surface area contributed by atoms with Gasteiger partial charge in [-0.1, -0.05) is 0 Å². The number of likely N-dealkylation sites (tertiary alicyclic amines) is 1. The monoisotopic (exact) mass is 512 g/mol. The van der Waals surface area contributed by atoms with E-state index in [9.17, 15) is 23.5 Å². The van der Waals surface area contributed by atoms with E-state index in [1.54, 1.807) is 38.2 Å². The number of halogens is 2. The molecule has 0 aliphatic carbocycles. The summed E-state index contributed by atoms with van der Waals surface area (Å²) in [5.74, 6) is -3.49. The number of amidine groups is 1. The molecule has 1 fully saturated rings. The SMILES string of the molecule is CC(=O)N=C(N)c1ccc(-n2c(CCC(C)(C)O)cc3cc(C(=O)N4CCC(F)(F)CC4)cnc32)cn1. The van der Waals surface area contributed by atoms with Crippen molar-refractivity contribution >= 4 is 28.7 Å². The zero-order valence-corrected chi connectivity index (χ0v) is 21.0. The first-order chi connectivity index (χ1) is 17.3. The number of pyridine rings is 2. The van der Waals surface area contributed by atoms with Crippen molar-refractivity contribution in [1.82, 2.24) is 19.4 Å². The van der Waals surface area contributed by atoms with E-state index in [1.165, 1.54) is 18.0 Å². The summed E-state index contributed by atoms with van der Waals surface area (Å²) in [6.45, 7) is 4.74. The Kier molecular flexibility index (Phi) is 7.09. The summed E-state index contributed by atoms with van der Waals surface area (Å²) in [5.41, 5.74) is 7.71. The second kappa shape index (κ2) is 9.97. The van der Waals surface area contributed by atoms with Crippen LogP contribution in [0.3, 0.4) is 0 Å². The standard InChI is InChI=1S/C26H30F2N6O3/c1-16(35)32-22(29)21-5-4-20(15-30-21)34-19(6-7-25(2,3)37)13-17-12-18(14-31-23(17)34)24(36)33-10-8-26(27,28)9-11-33/h4-5,12-15,37H,6-11H2,1-3H3,(H2,29,32,35). The van der Waals surface area contributed by atoms with Crippen LogP contribution in [-0.4, -0.2) is 66.8 Å². The van der Waals surface area contributed by atoms with Gasteiger partial charge in [0, 0.05) is 50.1 Å². The maximum atomic E-state index is 13.5. The topological polar surface area (TPSA) is 127 Å². The number of nitrogens with two attached hydrogens (primary N) is 1. The van der Waals surface area contributed by atoms with E-state index in [2.05, 4.69) is 15.0 Å². The molecule has 2 amide bonds. The summed E-state index contributed by atoms with van der Waals surface area (Å²) in [7, 11) is 0. The Balaban J connectivity index is 1.70. The number of amides is 2. The maximum Gasteiger partial charge on any atom is 0.255 e. The van der Waals surface area contributed by atoms with Crippen LogP contribution in [0.1, 0.15) is 61.8 Å². The molecule has 3 aromatic heterocycles. The van der Waals surface area contributed by atoms with Crippen LogP contribution in [0.25, 0.3) is 16.7 Å². The Morgan fingerprint density at radius 3 is 2.46 bits per heavy atom. The number of aliphatic imine (C=N–C) groups is 1. The lowest BCUT2D eigenvalue weighted by Gasteiger charge is -2.31. The van der Waals surface area contributed by atoms with Crippen LogP contribution in [0.2, 0.25) is 0 Å². The predicted octanol–water partition coefficient (Wildman–Crippen LogP) is 3.25. The fourth-order valence-electron chi connectivity index (χ4n) is 4.29. The van der Waals surface area contributed by atoms with Crippen molar-refractivity contribution in [3.63, 3.8) is 0 Å². The first-order valence-electron chi connectivity index (χ1n) is 12.0. The van der Waals surface area contributed by atoms with E-state index in [-0.39, 0.29) is 37.7 Å². The number of hydrogen-bond donors (Lipinski definition) is 2. The molecule has 3 N–H and O–H groups in total. The number of carbonyl (C=O) groups is 2. The van der Waals surface area contributed by atoms with Crippen molar-refractivity contribution in [2.24, 2.45) is 10.7 Å². The number of aromatic nitrogens is 3. The normalized spacial score (nSPS) is 16.3. The summed E-state index contributed by atoms with van der Waals surface area (Å²) in [6, 6.07) is 7.02. The molecule has 0 bridgehead atoms. The predicted molar refractivity (Wildman–Crippen MR) is 135 cm³/mol. The first-order valence-corrected chi connectivity index (χ1v) is 12.0. The number of aliphatic hydroxyl groups is 1. The molecule has 196 valence electrons. The summed E-state index contributed by atoms with van der Waals surface area (Å²) >= 11 is 0. The highest BCUT2D eigenvalue weighted by atomic mass is 19.3. The molecule has 0 unspecified atom stereocenters. The third-order valence-corrected chi connectivity index (χ3v) is 6.28. The molecular formula is C26H30F2N6O3. The number of hydrogen-bond acceptors (Lipinski definition) is 5. The highest BCUT2D eigenvalue weighted by Crippen LogP contribution is 2.30. The van der Waals surface area contributed by atoms with Crippen molar-refractivity contribution in [2.75, 3.05) is 13.1 Å². The van der Waals surface area contributed by atoms with Gasteiger partial charge < -0.3 is 15.7 Å². The molecule has 0 saturated carbocycles. The van der Waals surface area contributed by atoms with Gasteiger partial charge in [-0.05, 0) is 51.0 Å². The van der Waals surface area contributed by atoms with Gasteiger partial charge in [0.2, 0.25) is 5.91 Å². The van der Waals surface area contributed by atoms with E-state index in [0.29, 0.717) is 40.8 Å². The van der Waals surface area contributed by atoms with E-state index in [0.717, 1.165) is 5.69 Å². The molecule has 0 aromatic carbocycles. The number of alkyl halides is 2. The smallest absolute Gasteiger partial charge is 0.255 e. The number of piperidine rings is 1. The van der Waals surface area contributed by atoms with Crippen molar-refractivity contribution in [2.45, 2.75) is 58.0 Å². The van der Waals surface area contributed by atoms with Gasteiger partial charge in [0.05, 0.1) is 23.0 Å². The molecule has 37 heavy (non-hydrogen) atoms. The summed E-state index contributed by atoms with van der Waals surface area (Å²) in [6.07, 6.45) is 3.32. The third-order valence-electron chi connectivity index (χ3n) is 6.28. The van der Waals surface area contributed by atoms with Gasteiger partial charge in [0.1, 0.15) is 11.3 Å². The van der Waals surface area contributed by atoms with E-state index in [1.807, 2.05) is 10.6 Å². The van der Waals surface area contributed by atoms with Crippen molar-refractivity contribution in [3.05, 3.63) is 53.6 Å². The minimum absolute atomic E-state index is 0.00417. The van der Waals surface area contributed by atoms with Crippen molar-refractivity contribution < 1.29 is 23.5 Å². The van der Waals surface area contributed by atoms with Gasteiger partial charge >= 0.3 is 0 Å². The lowest BCUT2D eigenvalue weighted by Crippen LogP contribution is -2.42. The molecule has 0 spiro atoms. The number of aryl methyl sites for hydroxylation is 1. The molecule has 4 rings (SSSR count). The summed E-state index contributed by atoms with van der Waals surface area (Å²) in [4.78, 5) is 38.3. The molecule has 1 saturated heterocycles. The Hall–Kier alpha value is -3.73. The molecule has 11 heteroatoms. The molecule has 3 aromatic rings. The Labute approximate surface area is 213 Å². The van der Waals surface area contributed by atoms with Crippen molar-refractivity contribution in [1.29, 1.82) is 0 Å². The highest BCUT2D eigenvalue weighted by Gasteiger charge is 2.36. The number of fused-ring (bicyclic) bond motifs is 1. The lowest BCUT2D eigenvalue weighted by molar-refractivity contribution is -0.115.